The molecular formula is C15H25ClO. The molecule has 2 fully saturated rings. The zero-order valence-corrected chi connectivity index (χ0v) is 11.7. The average Bonchev–Trinajstić information content (AvgIpc) is 2.39. The molecule has 1 nitrogen and oxygen atoms in total. The van der Waals surface area contributed by atoms with E-state index in [1.807, 2.05) is 0 Å². The van der Waals surface area contributed by atoms with Gasteiger partial charge in [-0.1, -0.05) is 26.2 Å². The summed E-state index contributed by atoms with van der Waals surface area (Å²) >= 11 is 5.59. The summed E-state index contributed by atoms with van der Waals surface area (Å²) in [7, 11) is 0. The van der Waals surface area contributed by atoms with Gasteiger partial charge < -0.3 is 0 Å². The predicted molar refractivity (Wildman–Crippen MR) is 72.0 cm³/mol. The minimum Gasteiger partial charge on any atom is -0.281 e. The summed E-state index contributed by atoms with van der Waals surface area (Å²) in [5.41, 5.74) is 0. The van der Waals surface area contributed by atoms with Crippen molar-refractivity contribution in [3.05, 3.63) is 0 Å². The maximum atomic E-state index is 11.1. The van der Waals surface area contributed by atoms with Crippen molar-refractivity contribution in [1.29, 1.82) is 0 Å². The van der Waals surface area contributed by atoms with E-state index in [0.29, 0.717) is 0 Å². The third-order valence-electron chi connectivity index (χ3n) is 5.23. The van der Waals surface area contributed by atoms with Gasteiger partial charge in [0.25, 0.3) is 0 Å². The second-order valence-corrected chi connectivity index (χ2v) is 6.48. The van der Waals surface area contributed by atoms with Gasteiger partial charge in [-0.15, -0.1) is 0 Å². The van der Waals surface area contributed by atoms with E-state index in [0.717, 1.165) is 30.6 Å². The van der Waals surface area contributed by atoms with Crippen LogP contribution < -0.4 is 0 Å². The Bertz CT molecular complexity index is 248. The molecule has 2 saturated carbocycles. The minimum atomic E-state index is -0.0989. The predicted octanol–water partition coefficient (Wildman–Crippen LogP) is 4.77. The molecule has 0 saturated heterocycles. The first kappa shape index (κ1) is 13.4. The van der Waals surface area contributed by atoms with Crippen molar-refractivity contribution < 1.29 is 4.79 Å². The summed E-state index contributed by atoms with van der Waals surface area (Å²) in [6, 6.07) is 0. The molecule has 0 radical (unpaired) electrons. The first-order valence-electron chi connectivity index (χ1n) is 7.40. The Kier molecular flexibility index (Phi) is 4.90. The Hall–Kier alpha value is -0.0400. The molecule has 2 aliphatic carbocycles. The van der Waals surface area contributed by atoms with Crippen molar-refractivity contribution in [2.24, 2.45) is 23.7 Å². The Morgan fingerprint density at radius 2 is 1.41 bits per heavy atom. The average molecular weight is 257 g/mol. The fourth-order valence-corrected chi connectivity index (χ4v) is 4.10. The fourth-order valence-electron chi connectivity index (χ4n) is 3.89. The molecule has 0 aromatic carbocycles. The van der Waals surface area contributed by atoms with Gasteiger partial charge in [-0.2, -0.15) is 0 Å². The summed E-state index contributed by atoms with van der Waals surface area (Å²) in [6.45, 7) is 2.32. The van der Waals surface area contributed by atoms with Crippen LogP contribution in [0.4, 0.5) is 0 Å². The molecule has 0 amide bonds. The highest BCUT2D eigenvalue weighted by atomic mass is 35.5. The molecule has 2 rings (SSSR count). The van der Waals surface area contributed by atoms with Crippen LogP contribution in [0.5, 0.6) is 0 Å². The largest absolute Gasteiger partial charge is 0.281 e. The molecule has 0 atom stereocenters. The second kappa shape index (κ2) is 6.22. The summed E-state index contributed by atoms with van der Waals surface area (Å²) in [5.74, 6) is 3.00. The van der Waals surface area contributed by atoms with Crippen molar-refractivity contribution >= 4 is 16.8 Å². The molecule has 0 spiro atoms. The quantitative estimate of drug-likeness (QED) is 0.665. The van der Waals surface area contributed by atoms with E-state index in [1.165, 1.54) is 44.9 Å². The van der Waals surface area contributed by atoms with Crippen LogP contribution in [-0.2, 0) is 4.79 Å². The molecule has 17 heavy (non-hydrogen) atoms. The first-order valence-corrected chi connectivity index (χ1v) is 7.77. The molecule has 2 aliphatic rings. The molecule has 98 valence electrons. The van der Waals surface area contributed by atoms with Crippen LogP contribution >= 0.6 is 11.6 Å². The lowest BCUT2D eigenvalue weighted by Gasteiger charge is -2.37. The van der Waals surface area contributed by atoms with Gasteiger partial charge in [0.1, 0.15) is 0 Å². The zero-order valence-electron chi connectivity index (χ0n) is 11.0. The lowest BCUT2D eigenvalue weighted by atomic mass is 9.69. The van der Waals surface area contributed by atoms with Crippen LogP contribution in [-0.4, -0.2) is 5.24 Å². The van der Waals surface area contributed by atoms with E-state index in [4.69, 9.17) is 11.6 Å². The highest BCUT2D eigenvalue weighted by Gasteiger charge is 2.31. The summed E-state index contributed by atoms with van der Waals surface area (Å²) in [4.78, 5) is 11.1. The Balaban J connectivity index is 1.76. The monoisotopic (exact) mass is 256 g/mol. The number of hydrogen-bond donors (Lipinski definition) is 0. The van der Waals surface area contributed by atoms with E-state index < -0.39 is 0 Å². The van der Waals surface area contributed by atoms with E-state index in [2.05, 4.69) is 6.92 Å². The lowest BCUT2D eigenvalue weighted by Crippen LogP contribution is -2.27. The summed E-state index contributed by atoms with van der Waals surface area (Å²) < 4.78 is 0. The van der Waals surface area contributed by atoms with Crippen LogP contribution in [0.3, 0.4) is 0 Å². The van der Waals surface area contributed by atoms with E-state index in [-0.39, 0.29) is 11.2 Å². The van der Waals surface area contributed by atoms with Crippen LogP contribution in [0.1, 0.15) is 64.7 Å². The zero-order chi connectivity index (χ0) is 12.3. The molecule has 0 N–H and O–H groups in total. The molecule has 0 bridgehead atoms. The number of halogens is 1. The minimum absolute atomic E-state index is 0.0989. The molecule has 0 unspecified atom stereocenters. The van der Waals surface area contributed by atoms with Gasteiger partial charge in [-0.3, -0.25) is 4.79 Å². The number of carbonyl (C=O) groups excluding carboxylic acids is 1. The Labute approximate surface area is 110 Å². The number of carbonyl (C=O) groups is 1. The van der Waals surface area contributed by atoms with Crippen molar-refractivity contribution in [3.8, 4) is 0 Å². The Morgan fingerprint density at radius 1 is 0.941 bits per heavy atom. The van der Waals surface area contributed by atoms with Crippen molar-refractivity contribution in [2.45, 2.75) is 64.7 Å². The smallest absolute Gasteiger partial charge is 0.224 e. The van der Waals surface area contributed by atoms with Gasteiger partial charge in [0.2, 0.25) is 5.24 Å². The molecule has 2 heteroatoms. The lowest BCUT2D eigenvalue weighted by molar-refractivity contribution is -0.116. The third kappa shape index (κ3) is 3.47. The van der Waals surface area contributed by atoms with Crippen LogP contribution in [0.2, 0.25) is 0 Å². The molecular weight excluding hydrogens is 232 g/mol. The van der Waals surface area contributed by atoms with E-state index in [9.17, 15) is 4.79 Å². The van der Waals surface area contributed by atoms with E-state index in [1.54, 1.807) is 0 Å². The molecule has 0 heterocycles. The first-order chi connectivity index (χ1) is 8.20. The van der Waals surface area contributed by atoms with Crippen LogP contribution in [0, 0.1) is 23.7 Å². The van der Waals surface area contributed by atoms with Gasteiger partial charge in [0.05, 0.1) is 0 Å². The van der Waals surface area contributed by atoms with E-state index >= 15 is 0 Å². The van der Waals surface area contributed by atoms with Crippen LogP contribution in [0.25, 0.3) is 0 Å². The van der Waals surface area contributed by atoms with Crippen molar-refractivity contribution in [1.82, 2.24) is 0 Å². The normalized spacial score (nSPS) is 38.9. The molecule has 0 aliphatic heterocycles. The van der Waals surface area contributed by atoms with Crippen LogP contribution in [0.15, 0.2) is 0 Å². The fraction of sp³-hybridized carbons (Fsp3) is 0.933. The van der Waals surface area contributed by atoms with Gasteiger partial charge in [0, 0.05) is 5.92 Å². The van der Waals surface area contributed by atoms with Crippen molar-refractivity contribution in [2.75, 3.05) is 0 Å². The highest BCUT2D eigenvalue weighted by Crippen LogP contribution is 2.42. The summed E-state index contributed by atoms with van der Waals surface area (Å²) in [6.07, 6.45) is 11.7. The SMILES string of the molecule is CC[C@H]1CC[C@H](C2CCC(C(=O)Cl)CC2)CC1. The second-order valence-electron chi connectivity index (χ2n) is 6.10. The maximum absolute atomic E-state index is 11.1. The van der Waals surface area contributed by atoms with Crippen molar-refractivity contribution in [3.63, 3.8) is 0 Å². The Morgan fingerprint density at radius 3 is 1.82 bits per heavy atom. The van der Waals surface area contributed by atoms with Gasteiger partial charge in [-0.25, -0.2) is 0 Å². The molecule has 0 aromatic rings. The standard InChI is InChI=1S/C15H25ClO/c1-2-11-3-5-12(6-4-11)13-7-9-14(10-8-13)15(16)17/h11-14H,2-10H2,1H3/t11-,12-,13?,14?. The molecule has 0 aromatic heterocycles. The summed E-state index contributed by atoms with van der Waals surface area (Å²) in [5, 5.41) is -0.0989. The van der Waals surface area contributed by atoms with Gasteiger partial charge in [0.15, 0.2) is 0 Å². The highest BCUT2D eigenvalue weighted by molar-refractivity contribution is 6.63. The number of hydrogen-bond acceptors (Lipinski definition) is 1. The third-order valence-corrected chi connectivity index (χ3v) is 5.54. The topological polar surface area (TPSA) is 17.1 Å². The van der Waals surface area contributed by atoms with Gasteiger partial charge in [-0.05, 0) is 67.9 Å². The van der Waals surface area contributed by atoms with Gasteiger partial charge >= 0.3 is 0 Å². The number of rotatable bonds is 3. The maximum Gasteiger partial charge on any atom is 0.224 e.